The second kappa shape index (κ2) is 23.4. The number of aliphatic hydroxyl groups excluding tert-OH is 1. The zero-order chi connectivity index (χ0) is 44.7. The Balaban J connectivity index is 1.96. The van der Waals surface area contributed by atoms with Crippen LogP contribution < -0.4 is 32.3 Å². The number of carbonyl (C=O) groups is 7. The topological polar surface area (TPSA) is 229 Å². The number of nitrogens with two attached hydrogens (primary N) is 1. The first kappa shape index (κ1) is 49.8. The van der Waals surface area contributed by atoms with Crippen molar-refractivity contribution in [3.8, 4) is 0 Å². The van der Waals surface area contributed by atoms with Crippen molar-refractivity contribution in [3.63, 3.8) is 0 Å². The quantitative estimate of drug-likeness (QED) is 0.0915. The molecule has 3 rings (SSSR count). The Labute approximate surface area is 362 Å². The van der Waals surface area contributed by atoms with E-state index in [1.54, 1.807) is 75.4 Å². The molecule has 1 heterocycles. The maximum atomic E-state index is 14.5. The predicted octanol–water partition coefficient (Wildman–Crippen LogP) is 2.42. The van der Waals surface area contributed by atoms with E-state index in [-0.39, 0.29) is 30.6 Å². The van der Waals surface area contributed by atoms with Gasteiger partial charge in [0.2, 0.25) is 35.4 Å². The minimum atomic E-state index is -1.85. The number of amides is 7. The molecule has 0 radical (unpaired) electrons. The van der Waals surface area contributed by atoms with Crippen molar-refractivity contribution in [1.82, 2.24) is 31.5 Å². The average Bonchev–Trinajstić information content (AvgIpc) is 3.55. The van der Waals surface area contributed by atoms with Crippen LogP contribution in [0.25, 0.3) is 0 Å². The van der Waals surface area contributed by atoms with Crippen molar-refractivity contribution in [2.45, 2.75) is 121 Å². The van der Waals surface area contributed by atoms with Gasteiger partial charge in [0.15, 0.2) is 6.10 Å². The molecule has 0 spiro atoms. The number of nitrogens with zero attached hydrogens (tertiary/aromatic N) is 1. The molecule has 0 unspecified atom stereocenters. The second-order valence-electron chi connectivity index (χ2n) is 15.9. The summed E-state index contributed by atoms with van der Waals surface area (Å²) >= 11 is 2.79. The molecule has 17 heteroatoms. The molecule has 0 bridgehead atoms. The van der Waals surface area contributed by atoms with Crippen molar-refractivity contribution < 1.29 is 38.7 Å². The van der Waals surface area contributed by atoms with Gasteiger partial charge in [-0.15, -0.1) is 11.8 Å². The lowest BCUT2D eigenvalue weighted by Crippen LogP contribution is -2.62. The highest BCUT2D eigenvalue weighted by Gasteiger charge is 2.50. The summed E-state index contributed by atoms with van der Waals surface area (Å²) in [5, 5.41) is 25.8. The van der Waals surface area contributed by atoms with Crippen LogP contribution in [-0.2, 0) is 40.0 Å². The van der Waals surface area contributed by atoms with Crippen molar-refractivity contribution >= 4 is 64.9 Å². The molecular formula is C43H63N7O8S2. The fraction of sp³-hybridized carbons (Fsp3) is 0.558. The van der Waals surface area contributed by atoms with Crippen LogP contribution in [0.1, 0.15) is 84.9 Å². The van der Waals surface area contributed by atoms with Crippen LogP contribution in [-0.4, -0.2) is 110 Å². The SMILES string of the molecule is CC[C@H](C)[C@H](NC(C)=O)C(=O)N[C@H](C(=O)N[C@@H](Cc1ccccc1)[C@H](O)C(=O)N1CSC(C)(C)[C@@H]1C(=O)N[C@H](C(=O)N[C@@H](CCSC)C(N)=O)c1ccccc1)[C@@H](C)CC. The molecule has 330 valence electrons. The molecule has 1 saturated heterocycles. The Morgan fingerprint density at radius 3 is 1.92 bits per heavy atom. The first-order chi connectivity index (χ1) is 28.4. The van der Waals surface area contributed by atoms with Crippen LogP contribution in [0.15, 0.2) is 60.7 Å². The number of rotatable bonds is 22. The Kier molecular flexibility index (Phi) is 19.4. The van der Waals surface area contributed by atoms with Gasteiger partial charge >= 0.3 is 0 Å². The van der Waals surface area contributed by atoms with Gasteiger partial charge < -0.3 is 42.3 Å². The smallest absolute Gasteiger partial charge is 0.254 e. The molecule has 0 aromatic heterocycles. The van der Waals surface area contributed by atoms with Crippen LogP contribution in [0.2, 0.25) is 0 Å². The number of nitrogens with one attached hydrogen (secondary N) is 5. The van der Waals surface area contributed by atoms with Gasteiger partial charge in [-0.05, 0) is 61.7 Å². The first-order valence-corrected chi connectivity index (χ1v) is 22.7. The molecule has 2 aromatic rings. The molecule has 9 atom stereocenters. The minimum absolute atomic E-state index is 0.0132. The van der Waals surface area contributed by atoms with Crippen LogP contribution in [0, 0.1) is 11.8 Å². The molecule has 7 amide bonds. The lowest BCUT2D eigenvalue weighted by Gasteiger charge is -2.35. The van der Waals surface area contributed by atoms with Crippen molar-refractivity contribution in [2.75, 3.05) is 17.9 Å². The number of carbonyl (C=O) groups excluding carboxylic acids is 7. The Morgan fingerprint density at radius 1 is 0.833 bits per heavy atom. The lowest BCUT2D eigenvalue weighted by atomic mass is 9.93. The third kappa shape index (κ3) is 13.7. The van der Waals surface area contributed by atoms with E-state index < -0.39 is 88.5 Å². The summed E-state index contributed by atoms with van der Waals surface area (Å²) in [6.45, 7) is 12.2. The standard InChI is InChI=1S/C43H63N7O8S2/c1-9-25(3)32(45-27(5)51)39(55)48-33(26(4)10-2)38(54)47-31(23-28-17-13-11-14-18-28)35(52)42(58)50-24-60-43(6,7)36(50)41(57)49-34(29-19-15-12-16-20-29)40(56)46-30(37(44)53)21-22-59-8/h11-20,25-26,30-36,52H,9-10,21-24H2,1-8H3,(H2,44,53)(H,45,51)(H,46,56)(H,47,54)(H,48,55)(H,49,57)/t25-,26-,30-,31-,32-,33-,34-,35-,36-/m0/s1. The predicted molar refractivity (Wildman–Crippen MR) is 235 cm³/mol. The lowest BCUT2D eigenvalue weighted by molar-refractivity contribution is -0.148. The second-order valence-corrected chi connectivity index (χ2v) is 18.5. The fourth-order valence-electron chi connectivity index (χ4n) is 6.95. The van der Waals surface area contributed by atoms with Gasteiger partial charge in [-0.3, -0.25) is 33.6 Å². The summed E-state index contributed by atoms with van der Waals surface area (Å²) < 4.78 is -0.893. The summed E-state index contributed by atoms with van der Waals surface area (Å²) in [4.78, 5) is 96.0. The van der Waals surface area contributed by atoms with Crippen molar-refractivity contribution in [2.24, 2.45) is 17.6 Å². The van der Waals surface area contributed by atoms with E-state index in [1.807, 2.05) is 33.1 Å². The largest absolute Gasteiger partial charge is 0.381 e. The number of benzene rings is 2. The number of primary amides is 1. The van der Waals surface area contributed by atoms with Gasteiger partial charge in [-0.1, -0.05) is 101 Å². The van der Waals surface area contributed by atoms with Crippen LogP contribution in [0.3, 0.4) is 0 Å². The average molecular weight is 870 g/mol. The Hall–Kier alpha value is -4.61. The zero-order valence-corrected chi connectivity index (χ0v) is 37.5. The molecule has 15 nitrogen and oxygen atoms in total. The molecule has 0 aliphatic carbocycles. The highest BCUT2D eigenvalue weighted by atomic mass is 32.2. The molecule has 0 saturated carbocycles. The van der Waals surface area contributed by atoms with E-state index in [2.05, 4.69) is 26.6 Å². The maximum absolute atomic E-state index is 14.5. The van der Waals surface area contributed by atoms with Gasteiger partial charge in [-0.2, -0.15) is 11.8 Å². The van der Waals surface area contributed by atoms with Gasteiger partial charge in [0.25, 0.3) is 5.91 Å². The van der Waals surface area contributed by atoms with Crippen LogP contribution in [0.5, 0.6) is 0 Å². The van der Waals surface area contributed by atoms with E-state index in [1.165, 1.54) is 35.3 Å². The highest BCUT2D eigenvalue weighted by molar-refractivity contribution is 8.00. The summed E-state index contributed by atoms with van der Waals surface area (Å²) in [7, 11) is 0. The molecular weight excluding hydrogens is 807 g/mol. The van der Waals surface area contributed by atoms with E-state index in [0.717, 1.165) is 0 Å². The normalized spacial score (nSPS) is 18.6. The fourth-order valence-corrected chi connectivity index (χ4v) is 8.56. The van der Waals surface area contributed by atoms with Gasteiger partial charge in [0, 0.05) is 11.7 Å². The number of thioether (sulfide) groups is 2. The summed E-state index contributed by atoms with van der Waals surface area (Å²) in [6.07, 6.45) is 1.41. The molecule has 1 fully saturated rings. The van der Waals surface area contributed by atoms with Crippen LogP contribution in [0.4, 0.5) is 0 Å². The molecule has 8 N–H and O–H groups in total. The van der Waals surface area contributed by atoms with Crippen molar-refractivity contribution in [1.29, 1.82) is 0 Å². The van der Waals surface area contributed by atoms with Gasteiger partial charge in [-0.25, -0.2) is 0 Å². The third-order valence-corrected chi connectivity index (χ3v) is 13.0. The van der Waals surface area contributed by atoms with E-state index in [4.69, 9.17) is 5.73 Å². The van der Waals surface area contributed by atoms with Gasteiger partial charge in [0.05, 0.1) is 11.9 Å². The summed E-state index contributed by atoms with van der Waals surface area (Å²) in [5.41, 5.74) is 6.74. The zero-order valence-electron chi connectivity index (χ0n) is 35.9. The molecule has 2 aromatic carbocycles. The molecule has 1 aliphatic heterocycles. The van der Waals surface area contributed by atoms with Crippen molar-refractivity contribution in [3.05, 3.63) is 71.8 Å². The summed E-state index contributed by atoms with van der Waals surface area (Å²) in [6, 6.07) is 10.8. The molecule has 60 heavy (non-hydrogen) atoms. The number of hydrogen-bond donors (Lipinski definition) is 7. The number of aliphatic hydroxyl groups is 1. The highest BCUT2D eigenvalue weighted by Crippen LogP contribution is 2.40. The monoisotopic (exact) mass is 869 g/mol. The maximum Gasteiger partial charge on any atom is 0.254 e. The third-order valence-electron chi connectivity index (χ3n) is 10.9. The minimum Gasteiger partial charge on any atom is -0.381 e. The first-order valence-electron chi connectivity index (χ1n) is 20.3. The Bertz CT molecular complexity index is 1790. The van der Waals surface area contributed by atoms with E-state index >= 15 is 0 Å². The Morgan fingerprint density at radius 2 is 1.38 bits per heavy atom. The van der Waals surface area contributed by atoms with E-state index in [0.29, 0.717) is 29.7 Å². The van der Waals surface area contributed by atoms with Crippen LogP contribution >= 0.6 is 23.5 Å². The summed E-state index contributed by atoms with van der Waals surface area (Å²) in [5.74, 6) is -4.49. The molecule has 1 aliphatic rings. The van der Waals surface area contributed by atoms with Gasteiger partial charge in [0.1, 0.15) is 30.2 Å². The number of hydrogen-bond acceptors (Lipinski definition) is 10. The van der Waals surface area contributed by atoms with E-state index in [9.17, 15) is 38.7 Å².